The van der Waals surface area contributed by atoms with Crippen LogP contribution in [0.15, 0.2) is 24.5 Å². The number of likely N-dealkylation sites (tertiary alicyclic amines) is 1. The van der Waals surface area contributed by atoms with E-state index in [1.54, 1.807) is 6.20 Å². The summed E-state index contributed by atoms with van der Waals surface area (Å²) in [6.45, 7) is 2.47. The molecule has 3 aliphatic rings. The minimum Gasteiger partial charge on any atom is -0.475 e. The van der Waals surface area contributed by atoms with Crippen LogP contribution in [0, 0.1) is 5.92 Å². The van der Waals surface area contributed by atoms with Gasteiger partial charge >= 0.3 is 24.3 Å². The molecule has 38 heavy (non-hydrogen) atoms. The van der Waals surface area contributed by atoms with Gasteiger partial charge in [0.15, 0.2) is 0 Å². The molecule has 2 aliphatic heterocycles. The molecule has 1 saturated carbocycles. The maximum absolute atomic E-state index is 12.7. The number of pyridine rings is 1. The van der Waals surface area contributed by atoms with Crippen LogP contribution in [0.2, 0.25) is 0 Å². The molecule has 15 heteroatoms. The number of alkyl halides is 6. The van der Waals surface area contributed by atoms with E-state index < -0.39 is 24.3 Å². The number of carbonyl (C=O) groups excluding carboxylic acids is 1. The molecule has 2 saturated heterocycles. The second kappa shape index (κ2) is 13.2. The Morgan fingerprint density at radius 3 is 2.13 bits per heavy atom. The van der Waals surface area contributed by atoms with E-state index in [-0.39, 0.29) is 18.2 Å². The Morgan fingerprint density at radius 1 is 1.08 bits per heavy atom. The molecule has 0 unspecified atom stereocenters. The monoisotopic (exact) mass is 557 g/mol. The molecule has 1 aromatic heterocycles. The van der Waals surface area contributed by atoms with Crippen molar-refractivity contribution in [2.75, 3.05) is 20.2 Å². The predicted molar refractivity (Wildman–Crippen MR) is 119 cm³/mol. The Labute approximate surface area is 214 Å². The Hall–Kier alpha value is -2.94. The van der Waals surface area contributed by atoms with Crippen molar-refractivity contribution in [2.24, 2.45) is 5.92 Å². The van der Waals surface area contributed by atoms with Crippen molar-refractivity contribution in [3.63, 3.8) is 0 Å². The van der Waals surface area contributed by atoms with Crippen molar-refractivity contribution in [3.8, 4) is 0 Å². The fraction of sp³-hybridized carbons (Fsp3) is 0.652. The lowest BCUT2D eigenvalue weighted by molar-refractivity contribution is -0.193. The van der Waals surface area contributed by atoms with Gasteiger partial charge in [-0.1, -0.05) is 6.07 Å². The van der Waals surface area contributed by atoms with Gasteiger partial charge in [0.25, 0.3) is 0 Å². The number of amides is 1. The molecule has 0 radical (unpaired) electrons. The smallest absolute Gasteiger partial charge is 0.475 e. The molecule has 1 aromatic rings. The number of rotatable bonds is 5. The van der Waals surface area contributed by atoms with Gasteiger partial charge in [0.1, 0.15) is 0 Å². The number of nitrogens with zero attached hydrogens (tertiary/aromatic N) is 3. The van der Waals surface area contributed by atoms with Crippen LogP contribution in [0.4, 0.5) is 26.3 Å². The van der Waals surface area contributed by atoms with E-state index in [0.717, 1.165) is 39.0 Å². The van der Waals surface area contributed by atoms with Crippen LogP contribution in [0.1, 0.15) is 37.7 Å². The first-order valence-electron chi connectivity index (χ1n) is 11.7. The first-order chi connectivity index (χ1) is 17.6. The number of aliphatic carboxylic acids is 2. The summed E-state index contributed by atoms with van der Waals surface area (Å²) in [6, 6.07) is 4.63. The van der Waals surface area contributed by atoms with Crippen LogP contribution in [-0.2, 0) is 25.7 Å². The molecule has 1 aliphatic carbocycles. The standard InChI is InChI=1S/C19H27N3O2.2C2HF3O2/c1-21(12-15-4-2-8-20-11-15)17-13-22(18(23)10-14-6-7-14)16-5-3-9-24-19(16)17;2*3-2(4,5)1(6)7/h2,4,8,11,14,16-17,19H,3,5-7,9-10,12-13H2,1H3;2*(H,6,7)/t16-,17-,19+;;/m1../s1. The van der Waals surface area contributed by atoms with E-state index in [9.17, 15) is 31.1 Å². The van der Waals surface area contributed by atoms with Crippen molar-refractivity contribution < 1.29 is 55.7 Å². The van der Waals surface area contributed by atoms with Crippen molar-refractivity contribution in [3.05, 3.63) is 30.1 Å². The number of likely N-dealkylation sites (N-methyl/N-ethyl adjacent to an activating group) is 1. The topological polar surface area (TPSA) is 120 Å². The lowest BCUT2D eigenvalue weighted by atomic mass is 10.00. The summed E-state index contributed by atoms with van der Waals surface area (Å²) in [5, 5.41) is 14.2. The number of ether oxygens (including phenoxy) is 1. The molecule has 214 valence electrons. The third-order valence-electron chi connectivity index (χ3n) is 6.18. The molecular weight excluding hydrogens is 528 g/mol. The second-order valence-electron chi connectivity index (χ2n) is 9.19. The van der Waals surface area contributed by atoms with Crippen LogP contribution >= 0.6 is 0 Å². The van der Waals surface area contributed by atoms with E-state index in [4.69, 9.17) is 24.5 Å². The summed E-state index contributed by atoms with van der Waals surface area (Å²) < 4.78 is 69.6. The van der Waals surface area contributed by atoms with E-state index >= 15 is 0 Å². The van der Waals surface area contributed by atoms with Gasteiger partial charge in [0, 0.05) is 38.5 Å². The van der Waals surface area contributed by atoms with E-state index in [1.165, 1.54) is 18.4 Å². The Kier molecular flexibility index (Phi) is 10.9. The maximum Gasteiger partial charge on any atom is 0.490 e. The van der Waals surface area contributed by atoms with Crippen LogP contribution in [-0.4, -0.2) is 93.6 Å². The summed E-state index contributed by atoms with van der Waals surface area (Å²) in [4.78, 5) is 39.2. The van der Waals surface area contributed by atoms with Crippen LogP contribution in [0.25, 0.3) is 0 Å². The molecule has 2 N–H and O–H groups in total. The minimum absolute atomic E-state index is 0.156. The van der Waals surface area contributed by atoms with Gasteiger partial charge in [-0.3, -0.25) is 14.7 Å². The van der Waals surface area contributed by atoms with Gasteiger partial charge in [-0.15, -0.1) is 0 Å². The number of carboxylic acid groups (broad SMARTS) is 2. The number of halogens is 6. The van der Waals surface area contributed by atoms with E-state index in [0.29, 0.717) is 11.8 Å². The van der Waals surface area contributed by atoms with E-state index in [1.807, 2.05) is 12.3 Å². The summed E-state index contributed by atoms with van der Waals surface area (Å²) in [7, 11) is 2.14. The van der Waals surface area contributed by atoms with Gasteiger partial charge in [-0.05, 0) is 50.3 Å². The van der Waals surface area contributed by atoms with Gasteiger partial charge in [-0.25, -0.2) is 9.59 Å². The molecule has 0 bridgehead atoms. The second-order valence-corrected chi connectivity index (χ2v) is 9.19. The van der Waals surface area contributed by atoms with Crippen LogP contribution < -0.4 is 0 Å². The fourth-order valence-electron chi connectivity index (χ4n) is 4.19. The average molecular weight is 557 g/mol. The average Bonchev–Trinajstić information content (AvgIpc) is 3.55. The molecule has 3 heterocycles. The summed E-state index contributed by atoms with van der Waals surface area (Å²) in [5.41, 5.74) is 1.20. The Balaban J connectivity index is 0.000000301. The van der Waals surface area contributed by atoms with Crippen molar-refractivity contribution >= 4 is 17.8 Å². The normalized spacial score (nSPS) is 22.9. The summed E-state index contributed by atoms with van der Waals surface area (Å²) in [5.74, 6) is -4.53. The minimum atomic E-state index is -5.08. The molecular formula is C23H29F6N3O6. The first-order valence-corrected chi connectivity index (χ1v) is 11.7. The molecule has 3 fully saturated rings. The van der Waals surface area contributed by atoms with Gasteiger partial charge in [-0.2, -0.15) is 26.3 Å². The molecule has 4 rings (SSSR count). The molecule has 3 atom stereocenters. The van der Waals surface area contributed by atoms with Gasteiger partial charge < -0.3 is 19.8 Å². The number of aromatic nitrogens is 1. The quantitative estimate of drug-likeness (QED) is 0.529. The number of hydrogen-bond acceptors (Lipinski definition) is 6. The predicted octanol–water partition coefficient (Wildman–Crippen LogP) is 3.34. The highest BCUT2D eigenvalue weighted by Crippen LogP contribution is 2.36. The molecule has 1 amide bonds. The largest absolute Gasteiger partial charge is 0.490 e. The highest BCUT2D eigenvalue weighted by atomic mass is 19.4. The van der Waals surface area contributed by atoms with Gasteiger partial charge in [0.05, 0.1) is 18.2 Å². The van der Waals surface area contributed by atoms with Crippen molar-refractivity contribution in [1.82, 2.24) is 14.8 Å². The zero-order valence-corrected chi connectivity index (χ0v) is 20.4. The number of fused-ring (bicyclic) bond motifs is 1. The van der Waals surface area contributed by atoms with Crippen LogP contribution in [0.3, 0.4) is 0 Å². The Bertz CT molecular complexity index is 918. The maximum atomic E-state index is 12.7. The summed E-state index contributed by atoms with van der Waals surface area (Å²) in [6.07, 6.45) is -0.946. The third-order valence-corrected chi connectivity index (χ3v) is 6.18. The Morgan fingerprint density at radius 2 is 1.66 bits per heavy atom. The zero-order valence-electron chi connectivity index (χ0n) is 20.4. The fourth-order valence-corrected chi connectivity index (χ4v) is 4.19. The van der Waals surface area contributed by atoms with Gasteiger partial charge in [0.2, 0.25) is 5.91 Å². The number of carboxylic acids is 2. The van der Waals surface area contributed by atoms with Crippen molar-refractivity contribution in [2.45, 2.75) is 69.2 Å². The first kappa shape index (κ1) is 31.3. The lowest BCUT2D eigenvalue weighted by Gasteiger charge is -2.34. The summed E-state index contributed by atoms with van der Waals surface area (Å²) >= 11 is 0. The van der Waals surface area contributed by atoms with Crippen molar-refractivity contribution in [1.29, 1.82) is 0 Å². The lowest BCUT2D eigenvalue weighted by Crippen LogP contribution is -2.46. The highest BCUT2D eigenvalue weighted by molar-refractivity contribution is 5.77. The number of carbonyl (C=O) groups is 3. The molecule has 0 spiro atoms. The van der Waals surface area contributed by atoms with Crippen LogP contribution in [0.5, 0.6) is 0 Å². The SMILES string of the molecule is CN(Cc1cccnc1)[C@@H]1CN(C(=O)CC2CC2)[C@@H]2CCCO[C@H]12.O=C(O)C(F)(F)F.O=C(O)C(F)(F)F. The zero-order chi connectivity index (χ0) is 28.7. The number of hydrogen-bond donors (Lipinski definition) is 2. The van der Waals surface area contributed by atoms with E-state index in [2.05, 4.69) is 27.9 Å². The molecule has 0 aromatic carbocycles. The third kappa shape index (κ3) is 9.74. The molecule has 9 nitrogen and oxygen atoms in total. The highest BCUT2D eigenvalue weighted by Gasteiger charge is 2.47.